The topological polar surface area (TPSA) is 43.6 Å². The minimum Gasteiger partial charge on any atom is -0.254 e. The van der Waals surface area contributed by atoms with Gasteiger partial charge >= 0.3 is 0 Å². The van der Waals surface area contributed by atoms with E-state index in [1.807, 2.05) is 29.1 Å². The van der Waals surface area contributed by atoms with Crippen LogP contribution in [0.5, 0.6) is 0 Å². The summed E-state index contributed by atoms with van der Waals surface area (Å²) in [6.07, 6.45) is 7.34. The van der Waals surface area contributed by atoms with Crippen LogP contribution in [-0.4, -0.2) is 20.0 Å². The fraction of sp³-hybridized carbons (Fsp3) is 0.417. The SMILES string of the molecule is CCCCCn1cc(-c2ccccn2)nn1. The molecule has 0 saturated heterocycles. The van der Waals surface area contributed by atoms with Crippen LogP contribution in [0.15, 0.2) is 30.6 Å². The molecule has 0 aliphatic carbocycles. The van der Waals surface area contributed by atoms with Crippen LogP contribution in [-0.2, 0) is 6.54 Å². The van der Waals surface area contributed by atoms with Crippen molar-refractivity contribution in [2.75, 3.05) is 0 Å². The molecule has 2 aromatic heterocycles. The van der Waals surface area contributed by atoms with Crippen molar-refractivity contribution in [2.24, 2.45) is 0 Å². The maximum Gasteiger partial charge on any atom is 0.131 e. The van der Waals surface area contributed by atoms with Gasteiger partial charge in [0.15, 0.2) is 0 Å². The Balaban J connectivity index is 2.02. The second-order valence-corrected chi connectivity index (χ2v) is 3.79. The molecule has 0 aliphatic rings. The van der Waals surface area contributed by atoms with E-state index >= 15 is 0 Å². The minimum atomic E-state index is 0.845. The van der Waals surface area contributed by atoms with Gasteiger partial charge in [-0.15, -0.1) is 5.10 Å². The van der Waals surface area contributed by atoms with Gasteiger partial charge in [-0.05, 0) is 18.6 Å². The van der Waals surface area contributed by atoms with Gasteiger partial charge in [-0.25, -0.2) is 0 Å². The zero-order chi connectivity index (χ0) is 11.2. The Labute approximate surface area is 95.3 Å². The highest BCUT2D eigenvalue weighted by molar-refractivity contribution is 5.51. The average molecular weight is 216 g/mol. The average Bonchev–Trinajstić information content (AvgIpc) is 2.79. The third kappa shape index (κ3) is 2.66. The molecule has 0 aliphatic heterocycles. The first kappa shape index (κ1) is 10.8. The second-order valence-electron chi connectivity index (χ2n) is 3.79. The van der Waals surface area contributed by atoms with Crippen molar-refractivity contribution in [3.05, 3.63) is 30.6 Å². The molecule has 2 rings (SSSR count). The van der Waals surface area contributed by atoms with Crippen molar-refractivity contribution >= 4 is 0 Å². The molecule has 0 saturated carbocycles. The number of pyridine rings is 1. The summed E-state index contributed by atoms with van der Waals surface area (Å²) in [5.74, 6) is 0. The molecular formula is C12H16N4. The summed E-state index contributed by atoms with van der Waals surface area (Å²) in [6.45, 7) is 3.13. The largest absolute Gasteiger partial charge is 0.254 e. The summed E-state index contributed by atoms with van der Waals surface area (Å²) in [7, 11) is 0. The molecule has 4 heteroatoms. The predicted molar refractivity (Wildman–Crippen MR) is 62.8 cm³/mol. The van der Waals surface area contributed by atoms with Gasteiger partial charge in [0, 0.05) is 12.7 Å². The van der Waals surface area contributed by atoms with E-state index in [4.69, 9.17) is 0 Å². The summed E-state index contributed by atoms with van der Waals surface area (Å²) in [4.78, 5) is 4.24. The molecule has 0 fully saturated rings. The summed E-state index contributed by atoms with van der Waals surface area (Å²) in [5, 5.41) is 8.21. The monoisotopic (exact) mass is 216 g/mol. The zero-order valence-corrected chi connectivity index (χ0v) is 9.50. The first-order chi connectivity index (χ1) is 7.90. The Bertz CT molecular complexity index is 422. The van der Waals surface area contributed by atoms with E-state index in [1.54, 1.807) is 6.20 Å². The molecule has 4 nitrogen and oxygen atoms in total. The van der Waals surface area contributed by atoms with Crippen LogP contribution in [0.1, 0.15) is 26.2 Å². The van der Waals surface area contributed by atoms with E-state index in [0.29, 0.717) is 0 Å². The van der Waals surface area contributed by atoms with E-state index in [2.05, 4.69) is 22.2 Å². The summed E-state index contributed by atoms with van der Waals surface area (Å²) >= 11 is 0. The smallest absolute Gasteiger partial charge is 0.131 e. The minimum absolute atomic E-state index is 0.845. The lowest BCUT2D eigenvalue weighted by molar-refractivity contribution is 0.537. The van der Waals surface area contributed by atoms with Gasteiger partial charge in [0.2, 0.25) is 0 Å². The van der Waals surface area contributed by atoms with E-state index < -0.39 is 0 Å². The number of unbranched alkanes of at least 4 members (excludes halogenated alkanes) is 2. The van der Waals surface area contributed by atoms with Crippen LogP contribution in [0.4, 0.5) is 0 Å². The number of nitrogens with zero attached hydrogens (tertiary/aromatic N) is 4. The van der Waals surface area contributed by atoms with Gasteiger partial charge in [0.25, 0.3) is 0 Å². The second kappa shape index (κ2) is 5.39. The Kier molecular flexibility index (Phi) is 3.64. The van der Waals surface area contributed by atoms with Gasteiger partial charge in [-0.3, -0.25) is 9.67 Å². The molecule has 2 heterocycles. The molecule has 0 bridgehead atoms. The lowest BCUT2D eigenvalue weighted by atomic mass is 10.2. The molecule has 16 heavy (non-hydrogen) atoms. The molecule has 0 unspecified atom stereocenters. The van der Waals surface area contributed by atoms with Crippen molar-refractivity contribution in [3.63, 3.8) is 0 Å². The molecule has 0 radical (unpaired) electrons. The Morgan fingerprint density at radius 1 is 1.19 bits per heavy atom. The van der Waals surface area contributed by atoms with Crippen LogP contribution >= 0.6 is 0 Å². The van der Waals surface area contributed by atoms with Gasteiger partial charge < -0.3 is 0 Å². The normalized spacial score (nSPS) is 10.6. The summed E-state index contributed by atoms with van der Waals surface area (Å²) in [5.41, 5.74) is 1.72. The van der Waals surface area contributed by atoms with Gasteiger partial charge in [0.05, 0.1) is 11.9 Å². The fourth-order valence-corrected chi connectivity index (χ4v) is 1.56. The number of rotatable bonds is 5. The van der Waals surface area contributed by atoms with Crippen molar-refractivity contribution in [2.45, 2.75) is 32.7 Å². The lowest BCUT2D eigenvalue weighted by Crippen LogP contribution is -1.98. The molecular weight excluding hydrogens is 200 g/mol. The first-order valence-electron chi connectivity index (χ1n) is 5.71. The molecule has 0 N–H and O–H groups in total. The number of aromatic nitrogens is 4. The predicted octanol–water partition coefficient (Wildman–Crippen LogP) is 2.53. The Morgan fingerprint density at radius 3 is 2.88 bits per heavy atom. The third-order valence-electron chi connectivity index (χ3n) is 2.46. The fourth-order valence-electron chi connectivity index (χ4n) is 1.56. The maximum atomic E-state index is 4.24. The van der Waals surface area contributed by atoms with E-state index in [9.17, 15) is 0 Å². The van der Waals surface area contributed by atoms with E-state index in [0.717, 1.165) is 24.4 Å². The maximum absolute atomic E-state index is 4.24. The summed E-state index contributed by atoms with van der Waals surface area (Å²) in [6, 6.07) is 5.80. The quantitative estimate of drug-likeness (QED) is 0.721. The van der Waals surface area contributed by atoms with Gasteiger partial charge in [-0.1, -0.05) is 31.0 Å². The van der Waals surface area contributed by atoms with Crippen LogP contribution in [0.25, 0.3) is 11.4 Å². The first-order valence-corrected chi connectivity index (χ1v) is 5.71. The van der Waals surface area contributed by atoms with Crippen LogP contribution in [0.3, 0.4) is 0 Å². The molecule has 0 spiro atoms. The third-order valence-corrected chi connectivity index (χ3v) is 2.46. The number of aryl methyl sites for hydroxylation is 1. The van der Waals surface area contributed by atoms with Crippen molar-refractivity contribution in [1.29, 1.82) is 0 Å². The Hall–Kier alpha value is -1.71. The molecule has 0 atom stereocenters. The van der Waals surface area contributed by atoms with Crippen molar-refractivity contribution < 1.29 is 0 Å². The van der Waals surface area contributed by atoms with Crippen molar-refractivity contribution in [3.8, 4) is 11.4 Å². The molecule has 0 amide bonds. The molecule has 0 aromatic carbocycles. The zero-order valence-electron chi connectivity index (χ0n) is 9.50. The van der Waals surface area contributed by atoms with Gasteiger partial charge in [0.1, 0.15) is 5.69 Å². The number of hydrogen-bond donors (Lipinski definition) is 0. The van der Waals surface area contributed by atoms with Crippen LogP contribution in [0, 0.1) is 0 Å². The van der Waals surface area contributed by atoms with Crippen molar-refractivity contribution in [1.82, 2.24) is 20.0 Å². The highest BCUT2D eigenvalue weighted by atomic mass is 15.4. The van der Waals surface area contributed by atoms with Crippen LogP contribution in [0.2, 0.25) is 0 Å². The highest BCUT2D eigenvalue weighted by Gasteiger charge is 2.03. The lowest BCUT2D eigenvalue weighted by Gasteiger charge is -1.97. The van der Waals surface area contributed by atoms with Crippen LogP contribution < -0.4 is 0 Å². The van der Waals surface area contributed by atoms with Gasteiger partial charge in [-0.2, -0.15) is 0 Å². The Morgan fingerprint density at radius 2 is 2.12 bits per heavy atom. The molecule has 2 aromatic rings. The summed E-state index contributed by atoms with van der Waals surface area (Å²) < 4.78 is 1.89. The highest BCUT2D eigenvalue weighted by Crippen LogP contribution is 2.11. The van der Waals surface area contributed by atoms with E-state index in [-0.39, 0.29) is 0 Å². The number of hydrogen-bond acceptors (Lipinski definition) is 3. The molecule has 84 valence electrons. The van der Waals surface area contributed by atoms with E-state index in [1.165, 1.54) is 12.8 Å². The standard InChI is InChI=1S/C12H16N4/c1-2-3-6-9-16-10-12(14-15-16)11-7-4-5-8-13-11/h4-5,7-8,10H,2-3,6,9H2,1H3.